The maximum atomic E-state index is 13.5. The number of anilines is 3. The lowest BCUT2D eigenvalue weighted by atomic mass is 9.93. The molecular weight excluding hydrogens is 545 g/mol. The van der Waals surface area contributed by atoms with Crippen molar-refractivity contribution >= 4 is 23.7 Å². The Labute approximate surface area is 233 Å². The molecule has 3 aromatic heterocycles. The molecule has 0 atom stereocenters. The minimum Gasteiger partial charge on any atom is -0.467 e. The smallest absolute Gasteiger partial charge is 0.421 e. The number of pyridine rings is 1. The second-order valence-electron chi connectivity index (χ2n) is 10.3. The number of nitrogens with one attached hydrogen (secondary N) is 2. The summed E-state index contributed by atoms with van der Waals surface area (Å²) in [7, 11) is 1.48. The van der Waals surface area contributed by atoms with Gasteiger partial charge in [-0.1, -0.05) is 0 Å². The Kier molecular flexibility index (Phi) is 7.80. The number of rotatable bonds is 7. The molecule has 1 saturated carbocycles. The fraction of sp³-hybridized carbons (Fsp3) is 0.462. The molecule has 41 heavy (non-hydrogen) atoms. The summed E-state index contributed by atoms with van der Waals surface area (Å²) in [5.41, 5.74) is -0.499. The molecule has 0 radical (unpaired) electrons. The van der Waals surface area contributed by atoms with Gasteiger partial charge in [-0.25, -0.2) is 24.7 Å². The third-order valence-corrected chi connectivity index (χ3v) is 6.86. The average molecular weight is 575 g/mol. The molecule has 2 aliphatic rings. The van der Waals surface area contributed by atoms with E-state index in [2.05, 4.69) is 35.6 Å². The van der Waals surface area contributed by atoms with Crippen LogP contribution < -0.4 is 20.3 Å². The third kappa shape index (κ3) is 6.90. The molecule has 12 nitrogen and oxygen atoms in total. The number of hydrogen-bond acceptors (Lipinski definition) is 11. The lowest BCUT2D eigenvalue weighted by Crippen LogP contribution is -2.60. The van der Waals surface area contributed by atoms with Gasteiger partial charge in [0.05, 0.1) is 12.7 Å². The number of β-amino-alcohol motifs (C(OH)–C–C–N with tert-alkyl or cyclic N) is 1. The quantitative estimate of drug-likeness (QED) is 0.377. The molecule has 15 heteroatoms. The van der Waals surface area contributed by atoms with Crippen molar-refractivity contribution in [2.45, 2.75) is 56.5 Å². The van der Waals surface area contributed by atoms with Crippen LogP contribution >= 0.6 is 0 Å². The first kappa shape index (κ1) is 28.3. The SMILES string of the molecule is COc1ncc(-c2ccc(NC(=O)O[C@H]3CC[C@H](Nc4ncc(C(F)(F)F)c(N5CC(C)(O)C5)n4)CC3)nc2)cn1. The zero-order valence-corrected chi connectivity index (χ0v) is 22.4. The zero-order valence-electron chi connectivity index (χ0n) is 22.4. The number of aliphatic hydroxyl groups is 1. The average Bonchev–Trinajstić information content (AvgIpc) is 2.92. The molecule has 0 spiro atoms. The molecular formula is C26H29F3N8O4. The van der Waals surface area contributed by atoms with Crippen molar-refractivity contribution in [2.24, 2.45) is 0 Å². The maximum absolute atomic E-state index is 13.5. The molecule has 3 aromatic rings. The van der Waals surface area contributed by atoms with Crippen LogP contribution in [0.4, 0.5) is 35.5 Å². The number of amides is 1. The summed E-state index contributed by atoms with van der Waals surface area (Å²) in [6.07, 6.45) is 2.31. The molecule has 4 heterocycles. The summed E-state index contributed by atoms with van der Waals surface area (Å²) in [6.45, 7) is 1.66. The summed E-state index contributed by atoms with van der Waals surface area (Å²) in [5.74, 6) is 0.147. The lowest BCUT2D eigenvalue weighted by Gasteiger charge is -2.45. The van der Waals surface area contributed by atoms with E-state index in [1.54, 1.807) is 37.6 Å². The molecule has 218 valence electrons. The van der Waals surface area contributed by atoms with Crippen molar-refractivity contribution in [2.75, 3.05) is 35.7 Å². The van der Waals surface area contributed by atoms with Crippen molar-refractivity contribution in [3.05, 3.63) is 42.5 Å². The molecule has 1 aliphatic heterocycles. The van der Waals surface area contributed by atoms with Crippen molar-refractivity contribution in [3.8, 4) is 17.1 Å². The van der Waals surface area contributed by atoms with Crippen LogP contribution in [0.3, 0.4) is 0 Å². The summed E-state index contributed by atoms with van der Waals surface area (Å²) < 4.78 is 51.0. The second kappa shape index (κ2) is 11.3. The number of alkyl halides is 3. The number of aromatic nitrogens is 5. The Morgan fingerprint density at radius 1 is 1.02 bits per heavy atom. The molecule has 1 amide bonds. The van der Waals surface area contributed by atoms with Crippen molar-refractivity contribution < 1.29 is 32.5 Å². The van der Waals surface area contributed by atoms with Crippen LogP contribution in [0, 0.1) is 0 Å². The summed E-state index contributed by atoms with van der Waals surface area (Å²) in [6, 6.07) is 3.57. The number of nitrogens with zero attached hydrogens (tertiary/aromatic N) is 6. The Morgan fingerprint density at radius 3 is 2.29 bits per heavy atom. The molecule has 1 saturated heterocycles. The van der Waals surface area contributed by atoms with E-state index >= 15 is 0 Å². The fourth-order valence-corrected chi connectivity index (χ4v) is 4.81. The number of ether oxygens (including phenoxy) is 2. The first-order valence-electron chi connectivity index (χ1n) is 13.0. The van der Waals surface area contributed by atoms with E-state index in [0.29, 0.717) is 31.5 Å². The largest absolute Gasteiger partial charge is 0.467 e. The van der Waals surface area contributed by atoms with Crippen molar-refractivity contribution in [1.82, 2.24) is 24.9 Å². The Balaban J connectivity index is 1.11. The zero-order chi connectivity index (χ0) is 29.2. The van der Waals surface area contributed by atoms with Crippen LogP contribution in [0.5, 0.6) is 6.01 Å². The predicted octanol–water partition coefficient (Wildman–Crippen LogP) is 3.90. The fourth-order valence-electron chi connectivity index (χ4n) is 4.81. The maximum Gasteiger partial charge on any atom is 0.421 e. The first-order valence-corrected chi connectivity index (χ1v) is 13.0. The predicted molar refractivity (Wildman–Crippen MR) is 141 cm³/mol. The highest BCUT2D eigenvalue weighted by molar-refractivity contribution is 5.83. The van der Waals surface area contributed by atoms with Gasteiger partial charge in [0.15, 0.2) is 0 Å². The molecule has 0 unspecified atom stereocenters. The van der Waals surface area contributed by atoms with Crippen LogP contribution in [-0.2, 0) is 10.9 Å². The number of methoxy groups -OCH3 is 1. The van der Waals surface area contributed by atoms with E-state index in [9.17, 15) is 23.1 Å². The number of hydrogen-bond donors (Lipinski definition) is 3. The Hall–Kier alpha value is -4.27. The van der Waals surface area contributed by atoms with Gasteiger partial charge in [-0.05, 0) is 44.7 Å². The summed E-state index contributed by atoms with van der Waals surface area (Å²) in [4.78, 5) is 34.2. The number of halogens is 3. The minimum atomic E-state index is -4.62. The number of carbonyl (C=O) groups is 1. The van der Waals surface area contributed by atoms with Crippen LogP contribution in [0.1, 0.15) is 38.2 Å². The van der Waals surface area contributed by atoms with Gasteiger partial charge in [-0.2, -0.15) is 18.2 Å². The van der Waals surface area contributed by atoms with E-state index < -0.39 is 23.4 Å². The van der Waals surface area contributed by atoms with Gasteiger partial charge >= 0.3 is 18.3 Å². The normalized spacial score (nSPS) is 20.1. The van der Waals surface area contributed by atoms with Gasteiger partial charge in [0.1, 0.15) is 23.3 Å². The van der Waals surface area contributed by atoms with Gasteiger partial charge in [0.2, 0.25) is 5.95 Å². The van der Waals surface area contributed by atoms with Gasteiger partial charge in [0, 0.05) is 55.0 Å². The van der Waals surface area contributed by atoms with E-state index in [1.807, 2.05) is 0 Å². The third-order valence-electron chi connectivity index (χ3n) is 6.86. The van der Waals surface area contributed by atoms with E-state index in [-0.39, 0.29) is 43.0 Å². The lowest BCUT2D eigenvalue weighted by molar-refractivity contribution is -0.137. The highest BCUT2D eigenvalue weighted by atomic mass is 19.4. The van der Waals surface area contributed by atoms with Crippen LogP contribution in [0.25, 0.3) is 11.1 Å². The monoisotopic (exact) mass is 574 g/mol. The summed E-state index contributed by atoms with van der Waals surface area (Å²) in [5, 5.41) is 15.7. The molecule has 1 aliphatic carbocycles. The topological polar surface area (TPSA) is 148 Å². The van der Waals surface area contributed by atoms with Gasteiger partial charge in [-0.3, -0.25) is 5.32 Å². The molecule has 5 rings (SSSR count). The van der Waals surface area contributed by atoms with Crippen LogP contribution in [-0.4, -0.2) is 74.1 Å². The van der Waals surface area contributed by atoms with Crippen molar-refractivity contribution in [1.29, 1.82) is 0 Å². The van der Waals surface area contributed by atoms with Crippen molar-refractivity contribution in [3.63, 3.8) is 0 Å². The Bertz CT molecular complexity index is 1360. The first-order chi connectivity index (χ1) is 19.5. The van der Waals surface area contributed by atoms with Gasteiger partial charge in [-0.15, -0.1) is 0 Å². The number of carbonyl (C=O) groups excluding carboxylic acids is 1. The summed E-state index contributed by atoms with van der Waals surface area (Å²) >= 11 is 0. The van der Waals surface area contributed by atoms with E-state index in [4.69, 9.17) is 9.47 Å². The highest BCUT2D eigenvalue weighted by Crippen LogP contribution is 2.38. The molecule has 0 aromatic carbocycles. The second-order valence-corrected chi connectivity index (χ2v) is 10.3. The van der Waals surface area contributed by atoms with Gasteiger partial charge in [0.25, 0.3) is 0 Å². The van der Waals surface area contributed by atoms with Crippen LogP contribution in [0.2, 0.25) is 0 Å². The van der Waals surface area contributed by atoms with Crippen LogP contribution in [0.15, 0.2) is 36.9 Å². The van der Waals surface area contributed by atoms with E-state index in [0.717, 1.165) is 17.3 Å². The minimum absolute atomic E-state index is 0.0499. The van der Waals surface area contributed by atoms with Gasteiger partial charge < -0.3 is 24.8 Å². The highest BCUT2D eigenvalue weighted by Gasteiger charge is 2.43. The molecule has 0 bridgehead atoms. The molecule has 3 N–H and O–H groups in total. The van der Waals surface area contributed by atoms with E-state index in [1.165, 1.54) is 12.0 Å². The Morgan fingerprint density at radius 2 is 1.71 bits per heavy atom. The standard InChI is InChI=1S/C26H29F3N8O4/c1-25(39)13-37(14-25)21-19(26(27,28)29)12-31-22(36-21)34-17-4-6-18(7-5-17)41-24(38)35-20-8-3-15(9-30-20)16-10-32-23(40-2)33-11-16/h3,8-12,17-18,39H,4-7,13-14H2,1-2H3,(H,30,35,38)(H,31,34,36)/t17-,18-. The molecule has 2 fully saturated rings.